The molecule has 0 spiro atoms. The zero-order valence-corrected chi connectivity index (χ0v) is 10.8. The number of benzene rings is 1. The maximum absolute atomic E-state index is 11.7. The van der Waals surface area contributed by atoms with Gasteiger partial charge in [0.15, 0.2) is 5.25 Å². The highest BCUT2D eigenvalue weighted by Gasteiger charge is 2.20. The van der Waals surface area contributed by atoms with Gasteiger partial charge in [-0.3, -0.25) is 4.72 Å². The van der Waals surface area contributed by atoms with Crippen molar-refractivity contribution in [3.63, 3.8) is 0 Å². The van der Waals surface area contributed by atoms with Crippen molar-refractivity contribution in [2.75, 3.05) is 10.5 Å². The van der Waals surface area contributed by atoms with Gasteiger partial charge in [-0.05, 0) is 38.0 Å². The van der Waals surface area contributed by atoms with Crippen molar-refractivity contribution in [2.24, 2.45) is 0 Å². The fourth-order valence-corrected chi connectivity index (χ4v) is 2.13. The Morgan fingerprint density at radius 2 is 1.94 bits per heavy atom. The van der Waals surface area contributed by atoms with Crippen LogP contribution in [0.1, 0.15) is 18.1 Å². The van der Waals surface area contributed by atoms with Gasteiger partial charge < -0.3 is 5.73 Å². The van der Waals surface area contributed by atoms with Crippen LogP contribution in [0.3, 0.4) is 0 Å². The van der Waals surface area contributed by atoms with Crippen molar-refractivity contribution in [1.82, 2.24) is 0 Å². The van der Waals surface area contributed by atoms with E-state index in [4.69, 9.17) is 11.0 Å². The highest BCUT2D eigenvalue weighted by atomic mass is 32.2. The number of hydrogen-bond acceptors (Lipinski definition) is 4. The van der Waals surface area contributed by atoms with Crippen molar-refractivity contribution in [3.05, 3.63) is 23.3 Å². The number of nitrogens with two attached hydrogens (primary N) is 1. The molecular formula is C11H15N3O2S. The van der Waals surface area contributed by atoms with Gasteiger partial charge in [0.25, 0.3) is 0 Å². The van der Waals surface area contributed by atoms with Crippen LogP contribution in [-0.2, 0) is 10.0 Å². The van der Waals surface area contributed by atoms with Crippen LogP contribution in [0.4, 0.5) is 11.4 Å². The maximum Gasteiger partial charge on any atom is 0.248 e. The summed E-state index contributed by atoms with van der Waals surface area (Å²) in [5, 5.41) is 7.52. The van der Waals surface area contributed by atoms with Gasteiger partial charge in [0.05, 0.1) is 11.8 Å². The molecule has 3 N–H and O–H groups in total. The molecule has 0 aromatic heterocycles. The minimum Gasteiger partial charge on any atom is -0.398 e. The average molecular weight is 253 g/mol. The molecule has 1 atom stereocenters. The summed E-state index contributed by atoms with van der Waals surface area (Å²) in [6.45, 7) is 4.95. The van der Waals surface area contributed by atoms with E-state index < -0.39 is 15.3 Å². The Bertz CT molecular complexity index is 573. The zero-order chi connectivity index (χ0) is 13.2. The number of nitrogens with zero attached hydrogens (tertiary/aromatic N) is 1. The van der Waals surface area contributed by atoms with Crippen molar-refractivity contribution < 1.29 is 8.42 Å². The largest absolute Gasteiger partial charge is 0.398 e. The van der Waals surface area contributed by atoms with Crippen LogP contribution < -0.4 is 10.5 Å². The van der Waals surface area contributed by atoms with Crippen molar-refractivity contribution in [2.45, 2.75) is 26.0 Å². The van der Waals surface area contributed by atoms with E-state index in [0.717, 1.165) is 11.1 Å². The second-order valence-electron chi connectivity index (χ2n) is 3.94. The smallest absolute Gasteiger partial charge is 0.248 e. The van der Waals surface area contributed by atoms with Gasteiger partial charge in [-0.25, -0.2) is 8.42 Å². The van der Waals surface area contributed by atoms with E-state index in [9.17, 15) is 8.42 Å². The number of sulfonamides is 1. The minimum absolute atomic E-state index is 0.412. The normalized spacial score (nSPS) is 12.8. The fourth-order valence-electron chi connectivity index (χ4n) is 1.29. The van der Waals surface area contributed by atoms with Crippen LogP contribution in [0.5, 0.6) is 0 Å². The van der Waals surface area contributed by atoms with Crippen molar-refractivity contribution in [3.8, 4) is 6.07 Å². The van der Waals surface area contributed by atoms with Gasteiger partial charge in [0, 0.05) is 5.69 Å². The number of rotatable bonds is 3. The van der Waals surface area contributed by atoms with Crippen LogP contribution in [0.2, 0.25) is 0 Å². The third-order valence-corrected chi connectivity index (χ3v) is 4.05. The van der Waals surface area contributed by atoms with Crippen LogP contribution in [0, 0.1) is 25.2 Å². The highest BCUT2D eigenvalue weighted by Crippen LogP contribution is 2.23. The predicted octanol–water partition coefficient (Wildman–Crippen LogP) is 1.54. The Hall–Kier alpha value is -1.74. The highest BCUT2D eigenvalue weighted by molar-refractivity contribution is 7.93. The lowest BCUT2D eigenvalue weighted by Crippen LogP contribution is -2.24. The molecule has 0 amide bonds. The summed E-state index contributed by atoms with van der Waals surface area (Å²) < 4.78 is 25.8. The molecule has 0 saturated carbocycles. The number of aryl methyl sites for hydroxylation is 2. The summed E-state index contributed by atoms with van der Waals surface area (Å²) in [5.74, 6) is 0. The standard InChI is InChI=1S/C11H15N3O2S/c1-7-4-8(2)11(5-10(7)13)14-17(15,16)9(3)6-12/h4-5,9,14H,13H2,1-3H3. The number of nitrogen functional groups attached to an aromatic ring is 1. The molecule has 0 aliphatic carbocycles. The van der Waals surface area contributed by atoms with Gasteiger partial charge in [0.1, 0.15) is 0 Å². The lowest BCUT2D eigenvalue weighted by atomic mass is 10.1. The molecule has 17 heavy (non-hydrogen) atoms. The monoisotopic (exact) mass is 253 g/mol. The Morgan fingerprint density at radius 1 is 1.35 bits per heavy atom. The molecule has 1 rings (SSSR count). The SMILES string of the molecule is Cc1cc(C)c(NS(=O)(=O)C(C)C#N)cc1N. The minimum atomic E-state index is -3.68. The number of anilines is 2. The summed E-state index contributed by atoms with van der Waals surface area (Å²) in [6.07, 6.45) is 0. The molecular weight excluding hydrogens is 238 g/mol. The van der Waals surface area contributed by atoms with Crippen LogP contribution in [-0.4, -0.2) is 13.7 Å². The van der Waals surface area contributed by atoms with E-state index in [1.807, 2.05) is 6.92 Å². The Morgan fingerprint density at radius 3 is 2.47 bits per heavy atom. The lowest BCUT2D eigenvalue weighted by molar-refractivity contribution is 0.597. The molecule has 0 heterocycles. The first-order chi connectivity index (χ1) is 7.77. The predicted molar refractivity (Wildman–Crippen MR) is 67.9 cm³/mol. The van der Waals surface area contributed by atoms with E-state index in [1.165, 1.54) is 6.92 Å². The van der Waals surface area contributed by atoms with Crippen molar-refractivity contribution >= 4 is 21.4 Å². The fraction of sp³-hybridized carbons (Fsp3) is 0.364. The molecule has 6 heteroatoms. The van der Waals surface area contributed by atoms with Crippen LogP contribution in [0.25, 0.3) is 0 Å². The third-order valence-electron chi connectivity index (χ3n) is 2.51. The molecule has 5 nitrogen and oxygen atoms in total. The summed E-state index contributed by atoms with van der Waals surface area (Å²) >= 11 is 0. The van der Waals surface area contributed by atoms with Gasteiger partial charge in [-0.1, -0.05) is 6.07 Å². The Balaban J connectivity index is 3.14. The maximum atomic E-state index is 11.7. The first-order valence-corrected chi connectivity index (χ1v) is 6.60. The second-order valence-corrected chi connectivity index (χ2v) is 5.94. The third kappa shape index (κ3) is 2.88. The number of hydrogen-bond donors (Lipinski definition) is 2. The number of nitriles is 1. The summed E-state index contributed by atoms with van der Waals surface area (Å²) in [7, 11) is -3.68. The van der Waals surface area contributed by atoms with E-state index >= 15 is 0 Å². The second kappa shape index (κ2) is 4.63. The number of nitrogens with one attached hydrogen (secondary N) is 1. The molecule has 1 aromatic rings. The zero-order valence-electron chi connectivity index (χ0n) is 9.98. The molecule has 0 saturated heterocycles. The molecule has 1 unspecified atom stereocenters. The van der Waals surface area contributed by atoms with Crippen LogP contribution >= 0.6 is 0 Å². The van der Waals surface area contributed by atoms with Gasteiger partial charge in [-0.2, -0.15) is 5.26 Å². The van der Waals surface area contributed by atoms with E-state index in [2.05, 4.69) is 4.72 Å². The van der Waals surface area contributed by atoms with Gasteiger partial charge >= 0.3 is 0 Å². The lowest BCUT2D eigenvalue weighted by Gasteiger charge is -2.13. The first kappa shape index (κ1) is 13.3. The Labute approximate surface area is 101 Å². The quantitative estimate of drug-likeness (QED) is 0.798. The summed E-state index contributed by atoms with van der Waals surface area (Å²) in [6, 6.07) is 5.05. The summed E-state index contributed by atoms with van der Waals surface area (Å²) in [4.78, 5) is 0. The molecule has 0 aliphatic rings. The molecule has 1 aromatic carbocycles. The molecule has 0 radical (unpaired) electrons. The topological polar surface area (TPSA) is 96.0 Å². The van der Waals surface area contributed by atoms with E-state index in [1.54, 1.807) is 25.1 Å². The van der Waals surface area contributed by atoms with E-state index in [-0.39, 0.29) is 0 Å². The van der Waals surface area contributed by atoms with E-state index in [0.29, 0.717) is 11.4 Å². The molecule has 0 bridgehead atoms. The van der Waals surface area contributed by atoms with Crippen molar-refractivity contribution in [1.29, 1.82) is 5.26 Å². The molecule has 0 fully saturated rings. The first-order valence-electron chi connectivity index (χ1n) is 5.06. The van der Waals surface area contributed by atoms with Gasteiger partial charge in [-0.15, -0.1) is 0 Å². The molecule has 0 aliphatic heterocycles. The molecule has 92 valence electrons. The van der Waals surface area contributed by atoms with Crippen LogP contribution in [0.15, 0.2) is 12.1 Å². The summed E-state index contributed by atoms with van der Waals surface area (Å²) in [5.41, 5.74) is 8.30. The van der Waals surface area contributed by atoms with Gasteiger partial charge in [0.2, 0.25) is 10.0 Å². The Kier molecular flexibility index (Phi) is 3.63. The average Bonchev–Trinajstić information content (AvgIpc) is 2.24.